The Morgan fingerprint density at radius 2 is 1.69 bits per heavy atom. The fourth-order valence-corrected chi connectivity index (χ4v) is 3.24. The Morgan fingerprint density at radius 3 is 2.34 bits per heavy atom. The van der Waals surface area contributed by atoms with Crippen molar-refractivity contribution < 1.29 is 22.8 Å². The Labute approximate surface area is 166 Å². The third kappa shape index (κ3) is 5.26. The average Bonchev–Trinajstić information content (AvgIpc) is 2.68. The minimum Gasteiger partial charge on any atom is -0.369 e. The minimum absolute atomic E-state index is 0.115. The number of nitrogens with two attached hydrogens (primary N) is 1. The Kier molecular flexibility index (Phi) is 6.07. The molecular weight excluding hydrogens is 385 g/mol. The van der Waals surface area contributed by atoms with Crippen LogP contribution in [0.4, 0.5) is 24.5 Å². The van der Waals surface area contributed by atoms with E-state index in [-0.39, 0.29) is 18.0 Å². The van der Waals surface area contributed by atoms with Gasteiger partial charge in [-0.3, -0.25) is 14.5 Å². The normalized spacial score (nSPS) is 15.2. The SMILES string of the molecule is NC(=O)c1ccccc1NC(=O)CN1CCN(c2cccc(C(F)(F)F)c2)CC1. The second-order valence-electron chi connectivity index (χ2n) is 6.77. The number of carbonyl (C=O) groups is 2. The van der Waals surface area contributed by atoms with Gasteiger partial charge in [0, 0.05) is 31.9 Å². The molecule has 6 nitrogen and oxygen atoms in total. The Morgan fingerprint density at radius 1 is 1.00 bits per heavy atom. The van der Waals surface area contributed by atoms with E-state index in [1.807, 2.05) is 9.80 Å². The highest BCUT2D eigenvalue weighted by Crippen LogP contribution is 2.31. The largest absolute Gasteiger partial charge is 0.416 e. The summed E-state index contributed by atoms with van der Waals surface area (Å²) in [5.41, 5.74) is 5.73. The van der Waals surface area contributed by atoms with E-state index < -0.39 is 17.6 Å². The molecule has 0 saturated carbocycles. The van der Waals surface area contributed by atoms with E-state index in [0.29, 0.717) is 37.6 Å². The van der Waals surface area contributed by atoms with E-state index in [1.54, 1.807) is 24.3 Å². The van der Waals surface area contributed by atoms with Crippen molar-refractivity contribution in [1.29, 1.82) is 0 Å². The van der Waals surface area contributed by atoms with Gasteiger partial charge in [-0.25, -0.2) is 0 Å². The summed E-state index contributed by atoms with van der Waals surface area (Å²) < 4.78 is 38.7. The number of nitrogens with one attached hydrogen (secondary N) is 1. The van der Waals surface area contributed by atoms with Gasteiger partial charge >= 0.3 is 6.18 Å². The molecule has 0 radical (unpaired) electrons. The number of piperazine rings is 1. The molecule has 1 fully saturated rings. The van der Waals surface area contributed by atoms with Crippen LogP contribution in [0.2, 0.25) is 0 Å². The van der Waals surface area contributed by atoms with Crippen LogP contribution in [0.1, 0.15) is 15.9 Å². The van der Waals surface area contributed by atoms with Crippen LogP contribution in [0.3, 0.4) is 0 Å². The first kappa shape index (κ1) is 20.7. The van der Waals surface area contributed by atoms with E-state index in [0.717, 1.165) is 12.1 Å². The molecule has 0 atom stereocenters. The molecule has 9 heteroatoms. The third-order valence-corrected chi connectivity index (χ3v) is 4.74. The summed E-state index contributed by atoms with van der Waals surface area (Å²) in [5, 5.41) is 2.69. The third-order valence-electron chi connectivity index (χ3n) is 4.74. The number of para-hydroxylation sites is 1. The number of hydrogen-bond donors (Lipinski definition) is 2. The zero-order valence-corrected chi connectivity index (χ0v) is 15.6. The van der Waals surface area contributed by atoms with E-state index in [1.165, 1.54) is 12.1 Å². The first-order chi connectivity index (χ1) is 13.7. The minimum atomic E-state index is -4.38. The summed E-state index contributed by atoms with van der Waals surface area (Å²) in [6.45, 7) is 2.19. The topological polar surface area (TPSA) is 78.7 Å². The van der Waals surface area contributed by atoms with Gasteiger partial charge in [0.15, 0.2) is 0 Å². The Bertz CT molecular complexity index is 893. The van der Waals surface area contributed by atoms with Crippen LogP contribution in [0.5, 0.6) is 0 Å². The van der Waals surface area contributed by atoms with Crippen molar-refractivity contribution in [3.8, 4) is 0 Å². The van der Waals surface area contributed by atoms with Crippen molar-refractivity contribution >= 4 is 23.2 Å². The number of benzene rings is 2. The summed E-state index contributed by atoms with van der Waals surface area (Å²) >= 11 is 0. The Balaban J connectivity index is 1.55. The number of halogens is 3. The van der Waals surface area contributed by atoms with Gasteiger partial charge in [-0.15, -0.1) is 0 Å². The number of carbonyl (C=O) groups excluding carboxylic acids is 2. The predicted molar refractivity (Wildman–Crippen MR) is 104 cm³/mol. The molecule has 1 heterocycles. The Hall–Kier alpha value is -3.07. The lowest BCUT2D eigenvalue weighted by Crippen LogP contribution is -2.48. The molecule has 3 rings (SSSR count). The van der Waals surface area contributed by atoms with Gasteiger partial charge in [0.25, 0.3) is 5.91 Å². The molecule has 2 aromatic rings. The van der Waals surface area contributed by atoms with Gasteiger partial charge in [0.05, 0.1) is 23.4 Å². The molecule has 0 bridgehead atoms. The second-order valence-corrected chi connectivity index (χ2v) is 6.77. The molecular formula is C20H21F3N4O2. The van der Waals surface area contributed by atoms with Crippen molar-refractivity contribution in [2.45, 2.75) is 6.18 Å². The van der Waals surface area contributed by atoms with Crippen LogP contribution in [0.25, 0.3) is 0 Å². The van der Waals surface area contributed by atoms with Crippen molar-refractivity contribution in [1.82, 2.24) is 4.90 Å². The van der Waals surface area contributed by atoms with Crippen molar-refractivity contribution in [3.63, 3.8) is 0 Å². The van der Waals surface area contributed by atoms with Crippen LogP contribution in [0, 0.1) is 0 Å². The first-order valence-corrected chi connectivity index (χ1v) is 9.07. The van der Waals surface area contributed by atoms with Crippen molar-refractivity contribution in [3.05, 3.63) is 59.7 Å². The number of anilines is 2. The smallest absolute Gasteiger partial charge is 0.369 e. The molecule has 3 N–H and O–H groups in total. The van der Waals surface area contributed by atoms with Gasteiger partial charge in [0.2, 0.25) is 5.91 Å². The molecule has 1 aliphatic heterocycles. The molecule has 1 aliphatic rings. The molecule has 2 aromatic carbocycles. The lowest BCUT2D eigenvalue weighted by molar-refractivity contribution is -0.137. The highest BCUT2D eigenvalue weighted by Gasteiger charge is 2.31. The molecule has 0 unspecified atom stereocenters. The average molecular weight is 406 g/mol. The quantitative estimate of drug-likeness (QED) is 0.800. The predicted octanol–water partition coefficient (Wildman–Crippen LogP) is 2.57. The molecule has 0 spiro atoms. The first-order valence-electron chi connectivity index (χ1n) is 9.07. The van der Waals surface area contributed by atoms with E-state index in [2.05, 4.69) is 5.32 Å². The zero-order valence-electron chi connectivity index (χ0n) is 15.6. The number of nitrogens with zero attached hydrogens (tertiary/aromatic N) is 2. The highest BCUT2D eigenvalue weighted by molar-refractivity contribution is 6.03. The number of hydrogen-bond acceptors (Lipinski definition) is 4. The van der Waals surface area contributed by atoms with Gasteiger partial charge in [-0.1, -0.05) is 18.2 Å². The van der Waals surface area contributed by atoms with Crippen LogP contribution >= 0.6 is 0 Å². The molecule has 29 heavy (non-hydrogen) atoms. The monoisotopic (exact) mass is 406 g/mol. The fraction of sp³-hybridized carbons (Fsp3) is 0.300. The van der Waals surface area contributed by atoms with Crippen LogP contribution < -0.4 is 16.0 Å². The van der Waals surface area contributed by atoms with Crippen LogP contribution in [-0.4, -0.2) is 49.4 Å². The molecule has 154 valence electrons. The summed E-state index contributed by atoms with van der Waals surface area (Å²) in [5.74, 6) is -0.915. The standard InChI is InChI=1S/C20H21F3N4O2/c21-20(22,23)14-4-3-5-15(12-14)27-10-8-26(9-11-27)13-18(28)25-17-7-2-1-6-16(17)19(24)29/h1-7,12H,8-11,13H2,(H2,24,29)(H,25,28). The van der Waals surface area contributed by atoms with E-state index in [9.17, 15) is 22.8 Å². The van der Waals surface area contributed by atoms with E-state index >= 15 is 0 Å². The van der Waals surface area contributed by atoms with Crippen molar-refractivity contribution in [2.75, 3.05) is 42.9 Å². The maximum Gasteiger partial charge on any atom is 0.416 e. The molecule has 1 saturated heterocycles. The molecule has 2 amide bonds. The number of amides is 2. The maximum atomic E-state index is 12.9. The van der Waals surface area contributed by atoms with Gasteiger partial charge < -0.3 is 16.0 Å². The van der Waals surface area contributed by atoms with Gasteiger partial charge in [-0.2, -0.15) is 13.2 Å². The summed E-state index contributed by atoms with van der Waals surface area (Å²) in [6, 6.07) is 11.7. The molecule has 0 aromatic heterocycles. The number of alkyl halides is 3. The lowest BCUT2D eigenvalue weighted by atomic mass is 10.1. The summed E-state index contributed by atoms with van der Waals surface area (Å²) in [6.07, 6.45) is -4.38. The highest BCUT2D eigenvalue weighted by atomic mass is 19.4. The van der Waals surface area contributed by atoms with Crippen molar-refractivity contribution in [2.24, 2.45) is 5.73 Å². The zero-order chi connectivity index (χ0) is 21.0. The van der Waals surface area contributed by atoms with Gasteiger partial charge in [0.1, 0.15) is 0 Å². The number of rotatable bonds is 5. The fourth-order valence-electron chi connectivity index (χ4n) is 3.24. The van der Waals surface area contributed by atoms with Crippen LogP contribution in [-0.2, 0) is 11.0 Å². The van der Waals surface area contributed by atoms with E-state index in [4.69, 9.17) is 5.73 Å². The molecule has 0 aliphatic carbocycles. The summed E-state index contributed by atoms with van der Waals surface area (Å²) in [7, 11) is 0. The maximum absolute atomic E-state index is 12.9. The van der Waals surface area contributed by atoms with Crippen LogP contribution in [0.15, 0.2) is 48.5 Å². The summed E-state index contributed by atoms with van der Waals surface area (Å²) in [4.78, 5) is 27.5. The second kappa shape index (κ2) is 8.52. The lowest BCUT2D eigenvalue weighted by Gasteiger charge is -2.36. The van der Waals surface area contributed by atoms with Gasteiger partial charge in [-0.05, 0) is 30.3 Å². The number of primary amides is 1.